The van der Waals surface area contributed by atoms with Gasteiger partial charge < -0.3 is 37.6 Å². The quantitative estimate of drug-likeness (QED) is 0.174. The standard InChI is InChI=1S/C6H5.C6H13.C3H5.6C2H6O.2Ti/c1-2-4-6-5-3-1;1-3-5-6-4-2;1-3-2;6*1-2-3;;/h1-5H;1,3-6H2,2H3;3H,1-2H2;6*3H,2H2,1H3;;/q3*-1;;;;;;;;+2. The molecule has 6 nitrogen and oxygen atoms in total. The molecule has 0 spiro atoms. The zero-order chi connectivity index (χ0) is 28.0. The Morgan fingerprint density at radius 2 is 0.886 bits per heavy atom. The largest absolute Gasteiger partial charge is 2.00 e. The van der Waals surface area contributed by atoms with Crippen LogP contribution in [0.5, 0.6) is 0 Å². The van der Waals surface area contributed by atoms with Crippen LogP contribution in [0.2, 0.25) is 0 Å². The third kappa shape index (κ3) is 429. The van der Waals surface area contributed by atoms with E-state index in [4.69, 9.17) is 30.6 Å². The van der Waals surface area contributed by atoms with Gasteiger partial charge in [-0.15, -0.1) is 0 Å². The fourth-order valence-corrected chi connectivity index (χ4v) is 0.769. The van der Waals surface area contributed by atoms with E-state index in [1.807, 2.05) is 30.3 Å². The van der Waals surface area contributed by atoms with Crippen molar-refractivity contribution in [2.45, 2.75) is 74.1 Å². The van der Waals surface area contributed by atoms with Gasteiger partial charge in [0, 0.05) is 61.4 Å². The molecule has 0 radical (unpaired) electrons. The molecule has 0 aliphatic carbocycles. The van der Waals surface area contributed by atoms with Crippen molar-refractivity contribution in [1.29, 1.82) is 0 Å². The number of aliphatic hydroxyl groups excluding tert-OH is 6. The first-order valence-corrected chi connectivity index (χ1v) is 11.6. The van der Waals surface area contributed by atoms with Crippen LogP contribution < -0.4 is 0 Å². The summed E-state index contributed by atoms with van der Waals surface area (Å²) in [7, 11) is 0. The summed E-state index contributed by atoms with van der Waals surface area (Å²) in [5.41, 5.74) is 0. The van der Waals surface area contributed by atoms with Gasteiger partial charge in [0.05, 0.1) is 0 Å². The molecule has 0 aromatic heterocycles. The fraction of sp³-hybridized carbons (Fsp3) is 0.630. The van der Waals surface area contributed by atoms with Crippen molar-refractivity contribution in [2.75, 3.05) is 39.6 Å². The zero-order valence-corrected chi connectivity index (χ0v) is 27.0. The molecular weight excluding hydrogens is 516 g/mol. The van der Waals surface area contributed by atoms with Crippen molar-refractivity contribution in [3.8, 4) is 0 Å². The van der Waals surface area contributed by atoms with Crippen LogP contribution in [0.1, 0.15) is 74.1 Å². The van der Waals surface area contributed by atoms with E-state index in [1.54, 1.807) is 41.5 Å². The number of hydrogen-bond acceptors (Lipinski definition) is 6. The second-order valence-corrected chi connectivity index (χ2v) is 4.82. The molecule has 35 heavy (non-hydrogen) atoms. The van der Waals surface area contributed by atoms with Crippen LogP contribution in [0, 0.1) is 19.9 Å². The molecule has 0 unspecified atom stereocenters. The Bertz CT molecular complexity index is 237. The first kappa shape index (κ1) is 64.7. The van der Waals surface area contributed by atoms with Crippen LogP contribution in [-0.4, -0.2) is 70.3 Å². The molecule has 0 aliphatic rings. The number of allylic oxidation sites excluding steroid dienone is 1. The van der Waals surface area contributed by atoms with Crippen molar-refractivity contribution in [1.82, 2.24) is 0 Å². The molecular formula is C27H59O6Ti2-. The molecule has 0 amide bonds. The summed E-state index contributed by atoms with van der Waals surface area (Å²) in [5, 5.41) is 45.4. The Kier molecular flexibility index (Phi) is 237. The number of benzene rings is 1. The van der Waals surface area contributed by atoms with Gasteiger partial charge in [-0.2, -0.15) is 42.8 Å². The van der Waals surface area contributed by atoms with Gasteiger partial charge in [0.15, 0.2) is 0 Å². The van der Waals surface area contributed by atoms with E-state index in [1.165, 1.54) is 25.3 Å². The predicted molar refractivity (Wildman–Crippen MR) is 147 cm³/mol. The first-order chi connectivity index (χ1) is 15.8. The van der Waals surface area contributed by atoms with Gasteiger partial charge in [-0.1, -0.05) is 26.2 Å². The minimum atomic E-state index is 0. The van der Waals surface area contributed by atoms with Crippen LogP contribution in [0.15, 0.2) is 43.0 Å². The van der Waals surface area contributed by atoms with Gasteiger partial charge in [-0.3, -0.25) is 0 Å². The molecule has 1 aromatic carbocycles. The minimum Gasteiger partial charge on any atom is -0.397 e. The van der Waals surface area contributed by atoms with Gasteiger partial charge in [-0.05, 0) is 41.5 Å². The summed E-state index contributed by atoms with van der Waals surface area (Å²) in [6.07, 6.45) is 6.57. The molecule has 0 atom stereocenters. The third-order valence-corrected chi connectivity index (χ3v) is 1.46. The van der Waals surface area contributed by atoms with Gasteiger partial charge in [0.1, 0.15) is 0 Å². The summed E-state index contributed by atoms with van der Waals surface area (Å²) in [6, 6.07) is 12.5. The fourth-order valence-electron chi connectivity index (χ4n) is 0.769. The molecule has 0 fully saturated rings. The van der Waals surface area contributed by atoms with Crippen LogP contribution in [0.4, 0.5) is 0 Å². The van der Waals surface area contributed by atoms with Gasteiger partial charge in [0.2, 0.25) is 0 Å². The summed E-state index contributed by atoms with van der Waals surface area (Å²) in [4.78, 5) is 0. The van der Waals surface area contributed by atoms with Gasteiger partial charge >= 0.3 is 21.7 Å². The van der Waals surface area contributed by atoms with Crippen LogP contribution in [0.25, 0.3) is 0 Å². The van der Waals surface area contributed by atoms with E-state index in [-0.39, 0.29) is 83.1 Å². The number of aliphatic hydroxyl groups is 6. The Labute approximate surface area is 249 Å². The molecule has 6 N–H and O–H groups in total. The van der Waals surface area contributed by atoms with Crippen LogP contribution in [0.3, 0.4) is 0 Å². The van der Waals surface area contributed by atoms with E-state index in [2.05, 4.69) is 33.4 Å². The molecule has 8 heteroatoms. The maximum Gasteiger partial charge on any atom is 2.00 e. The van der Waals surface area contributed by atoms with Gasteiger partial charge in [-0.25, -0.2) is 19.6 Å². The van der Waals surface area contributed by atoms with E-state index in [0.717, 1.165) is 6.42 Å². The van der Waals surface area contributed by atoms with Crippen LogP contribution >= 0.6 is 0 Å². The Morgan fingerprint density at radius 3 is 0.943 bits per heavy atom. The van der Waals surface area contributed by atoms with Crippen molar-refractivity contribution in [3.63, 3.8) is 0 Å². The Balaban J connectivity index is -0.0000000255. The summed E-state index contributed by atoms with van der Waals surface area (Å²) in [5.74, 6) is 0. The average Bonchev–Trinajstić information content (AvgIpc) is 2.78. The van der Waals surface area contributed by atoms with Gasteiger partial charge in [0.25, 0.3) is 0 Å². The van der Waals surface area contributed by atoms with Crippen molar-refractivity contribution < 1.29 is 74.1 Å². The normalized spacial score (nSPS) is 6.34. The summed E-state index contributed by atoms with van der Waals surface area (Å²) >= 11 is 0. The van der Waals surface area contributed by atoms with E-state index < -0.39 is 0 Å². The van der Waals surface area contributed by atoms with E-state index in [0.29, 0.717) is 0 Å². The topological polar surface area (TPSA) is 121 Å². The Hall–Kier alpha value is 0.0186. The molecule has 0 saturated heterocycles. The SMILES string of the molecule is C=C[CH2-].CCO.CCO.CCO.CCO.CCO.CCO.[CH2-]CCCCC.[Ti+2].[Ti].[c-]1ccccc1. The van der Waals surface area contributed by atoms with Crippen molar-refractivity contribution in [2.24, 2.45) is 0 Å². The predicted octanol–water partition coefficient (Wildman–Crippen LogP) is 4.88. The van der Waals surface area contributed by atoms with Crippen molar-refractivity contribution in [3.05, 3.63) is 62.9 Å². The van der Waals surface area contributed by atoms with Crippen LogP contribution in [-0.2, 0) is 43.4 Å². The summed E-state index contributed by atoms with van der Waals surface area (Å²) in [6.45, 7) is 24.0. The number of rotatable bonds is 3. The monoisotopic (exact) mass is 575 g/mol. The molecule has 0 bridgehead atoms. The van der Waals surface area contributed by atoms with E-state index in [9.17, 15) is 0 Å². The maximum atomic E-state index is 7.57. The summed E-state index contributed by atoms with van der Waals surface area (Å²) < 4.78 is 0. The molecule has 1 rings (SSSR count). The number of hydrogen-bond donors (Lipinski definition) is 6. The molecule has 0 aliphatic heterocycles. The zero-order valence-electron chi connectivity index (χ0n) is 23.8. The third-order valence-electron chi connectivity index (χ3n) is 1.46. The number of unbranched alkanes of at least 4 members (excludes halogenated alkanes) is 3. The Morgan fingerprint density at radius 1 is 0.657 bits per heavy atom. The van der Waals surface area contributed by atoms with Crippen molar-refractivity contribution >= 4 is 0 Å². The second-order valence-electron chi connectivity index (χ2n) is 4.82. The molecule has 0 heterocycles. The van der Waals surface area contributed by atoms with E-state index >= 15 is 0 Å². The molecule has 212 valence electrons. The first-order valence-electron chi connectivity index (χ1n) is 11.6. The smallest absolute Gasteiger partial charge is 0.397 e. The molecule has 1 aromatic rings. The molecule has 0 saturated carbocycles. The minimum absolute atomic E-state index is 0. The maximum absolute atomic E-state index is 7.57. The average molecular weight is 575 g/mol. The second kappa shape index (κ2) is 128.